The van der Waals surface area contributed by atoms with Crippen LogP contribution in [-0.4, -0.2) is 27.8 Å². The van der Waals surface area contributed by atoms with Crippen molar-refractivity contribution in [2.75, 3.05) is 12.4 Å². The van der Waals surface area contributed by atoms with Crippen molar-refractivity contribution < 1.29 is 14.1 Å². The van der Waals surface area contributed by atoms with Crippen LogP contribution in [0.2, 0.25) is 10.0 Å². The lowest BCUT2D eigenvalue weighted by atomic mass is 10.2. The SMILES string of the molecule is O=[S@](Cc1ccc(Cl)cc1)C[C@H](O)COCc1ccc(Cl)cc1. The molecule has 0 saturated carbocycles. The zero-order valence-corrected chi connectivity index (χ0v) is 14.8. The second-order valence-electron chi connectivity index (χ2n) is 5.17. The second kappa shape index (κ2) is 9.40. The molecule has 0 bridgehead atoms. The summed E-state index contributed by atoms with van der Waals surface area (Å²) in [6.07, 6.45) is -0.754. The lowest BCUT2D eigenvalue weighted by Gasteiger charge is -2.11. The van der Waals surface area contributed by atoms with E-state index in [1.807, 2.05) is 24.3 Å². The van der Waals surface area contributed by atoms with Crippen LogP contribution in [0.1, 0.15) is 11.1 Å². The van der Waals surface area contributed by atoms with Crippen molar-refractivity contribution >= 4 is 34.0 Å². The highest BCUT2D eigenvalue weighted by Crippen LogP contribution is 2.12. The fourth-order valence-corrected chi connectivity index (χ4v) is 3.44. The van der Waals surface area contributed by atoms with E-state index in [-0.39, 0.29) is 12.4 Å². The zero-order valence-electron chi connectivity index (χ0n) is 12.5. The van der Waals surface area contributed by atoms with Gasteiger partial charge in [-0.1, -0.05) is 47.5 Å². The van der Waals surface area contributed by atoms with Gasteiger partial charge in [0.25, 0.3) is 0 Å². The van der Waals surface area contributed by atoms with Gasteiger partial charge in [0, 0.05) is 26.6 Å². The third-order valence-corrected chi connectivity index (χ3v) is 5.03. The number of aliphatic hydroxyl groups is 1. The Balaban J connectivity index is 1.69. The number of aliphatic hydroxyl groups excluding tert-OH is 1. The third-order valence-electron chi connectivity index (χ3n) is 3.11. The molecule has 0 aliphatic heterocycles. The van der Waals surface area contributed by atoms with E-state index in [4.69, 9.17) is 27.9 Å². The predicted molar refractivity (Wildman–Crippen MR) is 95.3 cm³/mol. The number of hydrogen-bond acceptors (Lipinski definition) is 3. The van der Waals surface area contributed by atoms with Crippen molar-refractivity contribution in [3.8, 4) is 0 Å². The lowest BCUT2D eigenvalue weighted by molar-refractivity contribution is 0.0394. The van der Waals surface area contributed by atoms with Crippen LogP contribution in [-0.2, 0) is 27.9 Å². The standard InChI is InChI=1S/C17H18Cl2O3S/c18-15-5-1-13(2-6-15)9-22-10-17(20)12-23(21)11-14-3-7-16(19)8-4-14/h1-8,17,20H,9-12H2/t17-,23-/m1/s1. The smallest absolute Gasteiger partial charge is 0.0888 e. The van der Waals surface area contributed by atoms with Gasteiger partial charge in [0.1, 0.15) is 0 Å². The van der Waals surface area contributed by atoms with Crippen LogP contribution >= 0.6 is 23.2 Å². The Morgan fingerprint density at radius 3 is 2.04 bits per heavy atom. The molecule has 0 aromatic heterocycles. The maximum Gasteiger partial charge on any atom is 0.0888 e. The van der Waals surface area contributed by atoms with E-state index in [2.05, 4.69) is 0 Å². The van der Waals surface area contributed by atoms with Crippen LogP contribution in [0.4, 0.5) is 0 Å². The molecule has 0 aliphatic carbocycles. The van der Waals surface area contributed by atoms with Crippen molar-refractivity contribution in [2.24, 2.45) is 0 Å². The molecule has 0 heterocycles. The Hall–Kier alpha value is -0.910. The Kier molecular flexibility index (Phi) is 7.53. The number of hydrogen-bond donors (Lipinski definition) is 1. The van der Waals surface area contributed by atoms with Gasteiger partial charge in [0.15, 0.2) is 0 Å². The van der Waals surface area contributed by atoms with Gasteiger partial charge in [-0.15, -0.1) is 0 Å². The molecule has 2 aromatic carbocycles. The van der Waals surface area contributed by atoms with Gasteiger partial charge in [0.05, 0.1) is 25.1 Å². The summed E-state index contributed by atoms with van der Waals surface area (Å²) >= 11 is 11.6. The summed E-state index contributed by atoms with van der Waals surface area (Å²) < 4.78 is 17.5. The Morgan fingerprint density at radius 1 is 0.957 bits per heavy atom. The van der Waals surface area contributed by atoms with Crippen LogP contribution in [0.5, 0.6) is 0 Å². The molecule has 0 fully saturated rings. The average molecular weight is 373 g/mol. The van der Waals surface area contributed by atoms with Gasteiger partial charge in [-0.05, 0) is 35.4 Å². The van der Waals surface area contributed by atoms with Crippen LogP contribution in [0, 0.1) is 0 Å². The second-order valence-corrected chi connectivity index (χ2v) is 7.55. The molecule has 124 valence electrons. The zero-order chi connectivity index (χ0) is 16.7. The van der Waals surface area contributed by atoms with Crippen molar-refractivity contribution in [1.82, 2.24) is 0 Å². The Morgan fingerprint density at radius 2 is 1.48 bits per heavy atom. The van der Waals surface area contributed by atoms with Crippen LogP contribution < -0.4 is 0 Å². The molecule has 2 rings (SSSR count). The summed E-state index contributed by atoms with van der Waals surface area (Å²) in [5, 5.41) is 11.2. The molecular weight excluding hydrogens is 355 g/mol. The first-order valence-corrected chi connectivity index (χ1v) is 9.37. The van der Waals surface area contributed by atoms with Crippen molar-refractivity contribution in [3.05, 3.63) is 69.7 Å². The van der Waals surface area contributed by atoms with Crippen molar-refractivity contribution in [3.63, 3.8) is 0 Å². The number of ether oxygens (including phenoxy) is 1. The minimum atomic E-state index is -1.15. The van der Waals surface area contributed by atoms with E-state index in [9.17, 15) is 9.32 Å². The average Bonchev–Trinajstić information content (AvgIpc) is 2.51. The highest BCUT2D eigenvalue weighted by molar-refractivity contribution is 7.84. The molecule has 0 radical (unpaired) electrons. The molecule has 0 amide bonds. The Labute approximate surface area is 148 Å². The molecule has 2 aromatic rings. The molecule has 23 heavy (non-hydrogen) atoms. The van der Waals surface area contributed by atoms with Gasteiger partial charge in [-0.3, -0.25) is 4.21 Å². The van der Waals surface area contributed by atoms with Gasteiger partial charge < -0.3 is 9.84 Å². The van der Waals surface area contributed by atoms with Crippen molar-refractivity contribution in [1.29, 1.82) is 0 Å². The summed E-state index contributed by atoms with van der Waals surface area (Å²) in [4.78, 5) is 0. The lowest BCUT2D eigenvalue weighted by Crippen LogP contribution is -2.23. The highest BCUT2D eigenvalue weighted by atomic mass is 35.5. The van der Waals surface area contributed by atoms with Gasteiger partial charge in [0.2, 0.25) is 0 Å². The van der Waals surface area contributed by atoms with E-state index in [0.29, 0.717) is 22.4 Å². The quantitative estimate of drug-likeness (QED) is 0.765. The molecule has 1 N–H and O–H groups in total. The molecule has 0 saturated heterocycles. The monoisotopic (exact) mass is 372 g/mol. The summed E-state index contributed by atoms with van der Waals surface area (Å²) in [7, 11) is -1.15. The van der Waals surface area contributed by atoms with Crippen molar-refractivity contribution in [2.45, 2.75) is 18.5 Å². The first-order chi connectivity index (χ1) is 11.0. The number of benzene rings is 2. The van der Waals surface area contributed by atoms with Gasteiger partial charge >= 0.3 is 0 Å². The third kappa shape index (κ3) is 7.02. The number of halogens is 2. The normalized spacial score (nSPS) is 13.7. The van der Waals surface area contributed by atoms with Crippen LogP contribution in [0.15, 0.2) is 48.5 Å². The summed E-state index contributed by atoms with van der Waals surface area (Å²) in [6, 6.07) is 14.5. The maximum absolute atomic E-state index is 12.0. The van der Waals surface area contributed by atoms with Gasteiger partial charge in [-0.25, -0.2) is 0 Å². The van der Waals surface area contributed by atoms with E-state index < -0.39 is 16.9 Å². The first-order valence-electron chi connectivity index (χ1n) is 7.12. The van der Waals surface area contributed by atoms with E-state index in [1.165, 1.54) is 0 Å². The minimum absolute atomic E-state index is 0.148. The summed E-state index contributed by atoms with van der Waals surface area (Å²) in [6.45, 7) is 0.535. The van der Waals surface area contributed by atoms with E-state index in [1.54, 1.807) is 24.3 Å². The fourth-order valence-electron chi connectivity index (χ4n) is 1.98. The molecular formula is C17H18Cl2O3S. The number of rotatable bonds is 8. The molecule has 3 nitrogen and oxygen atoms in total. The first kappa shape index (κ1) is 18.4. The fraction of sp³-hybridized carbons (Fsp3) is 0.294. The van der Waals surface area contributed by atoms with Crippen LogP contribution in [0.25, 0.3) is 0 Å². The van der Waals surface area contributed by atoms with Gasteiger partial charge in [-0.2, -0.15) is 0 Å². The Bertz CT molecular complexity index is 629. The molecule has 0 unspecified atom stereocenters. The van der Waals surface area contributed by atoms with E-state index in [0.717, 1.165) is 11.1 Å². The highest BCUT2D eigenvalue weighted by Gasteiger charge is 2.10. The largest absolute Gasteiger partial charge is 0.390 e. The van der Waals surface area contributed by atoms with E-state index >= 15 is 0 Å². The molecule has 2 atom stereocenters. The molecule has 0 spiro atoms. The van der Waals surface area contributed by atoms with Crippen LogP contribution in [0.3, 0.4) is 0 Å². The topological polar surface area (TPSA) is 46.5 Å². The predicted octanol–water partition coefficient (Wildman–Crippen LogP) is 3.82. The molecule has 0 aliphatic rings. The molecule has 6 heteroatoms. The maximum atomic E-state index is 12.0. The summed E-state index contributed by atoms with van der Waals surface area (Å²) in [5.41, 5.74) is 1.91. The minimum Gasteiger partial charge on any atom is -0.390 e. The summed E-state index contributed by atoms with van der Waals surface area (Å²) in [5.74, 6) is 0.578.